The van der Waals surface area contributed by atoms with E-state index in [4.69, 9.17) is 0 Å². The predicted molar refractivity (Wildman–Crippen MR) is 124 cm³/mol. The van der Waals surface area contributed by atoms with Crippen molar-refractivity contribution in [1.82, 2.24) is 9.80 Å². The van der Waals surface area contributed by atoms with Crippen LogP contribution in [0.2, 0.25) is 0 Å². The van der Waals surface area contributed by atoms with Crippen LogP contribution in [-0.2, 0) is 9.59 Å². The first-order chi connectivity index (χ1) is 15.5. The van der Waals surface area contributed by atoms with E-state index < -0.39 is 11.8 Å². The molecule has 0 saturated carbocycles. The molecule has 0 aliphatic carbocycles. The summed E-state index contributed by atoms with van der Waals surface area (Å²) < 4.78 is 0. The van der Waals surface area contributed by atoms with Crippen molar-refractivity contribution >= 4 is 17.5 Å². The Kier molecular flexibility index (Phi) is 6.52. The zero-order valence-electron chi connectivity index (χ0n) is 18.1. The molecule has 3 aromatic carbocycles. The number of likely N-dealkylation sites (N-methyl/N-ethyl adjacent to an activating group) is 1. The molecule has 0 unspecified atom stereocenters. The first-order valence-corrected chi connectivity index (χ1v) is 10.7. The number of benzene rings is 3. The zero-order valence-corrected chi connectivity index (χ0v) is 18.1. The highest BCUT2D eigenvalue weighted by atomic mass is 16.3. The minimum absolute atomic E-state index is 0.102. The molecule has 32 heavy (non-hydrogen) atoms. The fourth-order valence-electron chi connectivity index (χ4n) is 4.14. The molecule has 1 aliphatic heterocycles. The maximum Gasteiger partial charge on any atom is 0.316 e. The second-order valence-corrected chi connectivity index (χ2v) is 7.93. The lowest BCUT2D eigenvalue weighted by molar-refractivity contribution is -0.145. The molecule has 0 bridgehead atoms. The van der Waals surface area contributed by atoms with Gasteiger partial charge in [-0.05, 0) is 35.4 Å². The fraction of sp³-hybridized carbons (Fsp3) is 0.231. The van der Waals surface area contributed by atoms with E-state index in [9.17, 15) is 14.7 Å². The van der Waals surface area contributed by atoms with Gasteiger partial charge in [0.2, 0.25) is 0 Å². The van der Waals surface area contributed by atoms with Crippen LogP contribution in [0.25, 0.3) is 0 Å². The third kappa shape index (κ3) is 4.65. The van der Waals surface area contributed by atoms with Crippen molar-refractivity contribution in [1.29, 1.82) is 0 Å². The van der Waals surface area contributed by atoms with Crippen LogP contribution in [0.5, 0.6) is 5.75 Å². The van der Waals surface area contributed by atoms with Crippen LogP contribution in [0.15, 0.2) is 84.9 Å². The standard InChI is InChI=1S/C26H27N3O3/c1-27(22-12-14-23(30)15-13-22)25(31)26(32)29-18-16-28(17-19-29)24(20-8-4-2-5-9-20)21-10-6-3-7-11-21/h2-15,24,30H,16-19H2,1H3. The van der Waals surface area contributed by atoms with Crippen LogP contribution in [0, 0.1) is 0 Å². The predicted octanol–water partition coefficient (Wildman–Crippen LogP) is 3.29. The van der Waals surface area contributed by atoms with Gasteiger partial charge in [-0.2, -0.15) is 0 Å². The van der Waals surface area contributed by atoms with Crippen molar-refractivity contribution in [3.8, 4) is 5.75 Å². The first-order valence-electron chi connectivity index (χ1n) is 10.7. The minimum Gasteiger partial charge on any atom is -0.508 e. The van der Waals surface area contributed by atoms with Crippen LogP contribution in [0.4, 0.5) is 5.69 Å². The van der Waals surface area contributed by atoms with E-state index in [2.05, 4.69) is 29.2 Å². The Morgan fingerprint density at radius 3 is 1.78 bits per heavy atom. The molecule has 1 aliphatic rings. The maximum absolute atomic E-state index is 12.9. The van der Waals surface area contributed by atoms with Crippen LogP contribution in [-0.4, -0.2) is 59.9 Å². The van der Waals surface area contributed by atoms with Gasteiger partial charge in [0.25, 0.3) is 0 Å². The lowest BCUT2D eigenvalue weighted by Gasteiger charge is -2.39. The molecule has 0 aromatic heterocycles. The molecule has 1 fully saturated rings. The Bertz CT molecular complexity index is 1010. The van der Waals surface area contributed by atoms with Crippen molar-refractivity contribution in [2.45, 2.75) is 6.04 Å². The van der Waals surface area contributed by atoms with Crippen molar-refractivity contribution in [2.75, 3.05) is 38.1 Å². The van der Waals surface area contributed by atoms with E-state index >= 15 is 0 Å². The average Bonchev–Trinajstić information content (AvgIpc) is 2.85. The van der Waals surface area contributed by atoms with Gasteiger partial charge in [-0.25, -0.2) is 0 Å². The van der Waals surface area contributed by atoms with E-state index in [0.29, 0.717) is 31.9 Å². The Morgan fingerprint density at radius 2 is 1.28 bits per heavy atom. The van der Waals surface area contributed by atoms with Gasteiger partial charge in [0.1, 0.15) is 5.75 Å². The largest absolute Gasteiger partial charge is 0.508 e. The summed E-state index contributed by atoms with van der Waals surface area (Å²) in [4.78, 5) is 30.9. The van der Waals surface area contributed by atoms with E-state index in [1.807, 2.05) is 36.4 Å². The van der Waals surface area contributed by atoms with Crippen molar-refractivity contribution in [3.63, 3.8) is 0 Å². The number of nitrogens with zero attached hydrogens (tertiary/aromatic N) is 3. The Hall–Kier alpha value is -3.64. The molecule has 164 valence electrons. The van der Waals surface area contributed by atoms with Crippen LogP contribution >= 0.6 is 0 Å². The molecular weight excluding hydrogens is 402 g/mol. The number of anilines is 1. The number of rotatable bonds is 4. The summed E-state index contributed by atoms with van der Waals surface area (Å²) in [6, 6.07) is 27.0. The third-order valence-corrected chi connectivity index (χ3v) is 5.92. The summed E-state index contributed by atoms with van der Waals surface area (Å²) in [5.74, 6) is -0.966. The number of amides is 2. The molecule has 1 N–H and O–H groups in total. The van der Waals surface area contributed by atoms with E-state index in [1.54, 1.807) is 24.1 Å². The second kappa shape index (κ2) is 9.66. The maximum atomic E-state index is 12.9. The molecule has 1 heterocycles. The number of hydrogen-bond acceptors (Lipinski definition) is 4. The van der Waals surface area contributed by atoms with Crippen molar-refractivity contribution < 1.29 is 14.7 Å². The van der Waals surface area contributed by atoms with E-state index in [0.717, 1.165) is 0 Å². The van der Waals surface area contributed by atoms with Gasteiger partial charge >= 0.3 is 11.8 Å². The summed E-state index contributed by atoms with van der Waals surface area (Å²) in [5, 5.41) is 9.44. The first kappa shape index (κ1) is 21.6. The highest BCUT2D eigenvalue weighted by Crippen LogP contribution is 2.29. The van der Waals surface area contributed by atoms with Crippen LogP contribution < -0.4 is 4.90 Å². The molecule has 3 aromatic rings. The van der Waals surface area contributed by atoms with Gasteiger partial charge in [-0.15, -0.1) is 0 Å². The molecule has 0 spiro atoms. The SMILES string of the molecule is CN(C(=O)C(=O)N1CCN(C(c2ccccc2)c2ccccc2)CC1)c1ccc(O)cc1. The fourth-order valence-corrected chi connectivity index (χ4v) is 4.14. The molecule has 6 heteroatoms. The Morgan fingerprint density at radius 1 is 0.781 bits per heavy atom. The number of phenolic OH excluding ortho intramolecular Hbond substituents is 1. The normalized spacial score (nSPS) is 14.4. The molecule has 2 amide bonds. The molecular formula is C26H27N3O3. The van der Waals surface area contributed by atoms with Gasteiger partial charge in [0.15, 0.2) is 0 Å². The number of carbonyl (C=O) groups excluding carboxylic acids is 2. The van der Waals surface area contributed by atoms with E-state index in [-0.39, 0.29) is 11.8 Å². The third-order valence-electron chi connectivity index (χ3n) is 5.92. The zero-order chi connectivity index (χ0) is 22.5. The van der Waals surface area contributed by atoms with Gasteiger partial charge in [-0.3, -0.25) is 14.5 Å². The lowest BCUT2D eigenvalue weighted by Crippen LogP contribution is -2.53. The van der Waals surface area contributed by atoms with Gasteiger partial charge < -0.3 is 14.9 Å². The number of carbonyl (C=O) groups is 2. The van der Waals surface area contributed by atoms with Gasteiger partial charge in [0, 0.05) is 38.9 Å². The topological polar surface area (TPSA) is 64.1 Å². The van der Waals surface area contributed by atoms with Crippen LogP contribution in [0.1, 0.15) is 17.2 Å². The molecule has 0 atom stereocenters. The number of hydrogen-bond donors (Lipinski definition) is 1. The summed E-state index contributed by atoms with van der Waals surface area (Å²) in [7, 11) is 1.57. The monoisotopic (exact) mass is 429 g/mol. The average molecular weight is 430 g/mol. The van der Waals surface area contributed by atoms with Crippen molar-refractivity contribution in [2.24, 2.45) is 0 Å². The van der Waals surface area contributed by atoms with Crippen LogP contribution in [0.3, 0.4) is 0 Å². The highest BCUT2D eigenvalue weighted by Gasteiger charge is 2.31. The molecule has 4 rings (SSSR count). The molecule has 0 radical (unpaired) electrons. The lowest BCUT2D eigenvalue weighted by atomic mass is 9.96. The number of aromatic hydroxyl groups is 1. The Labute approximate surface area is 188 Å². The summed E-state index contributed by atoms with van der Waals surface area (Å²) in [5.41, 5.74) is 2.98. The van der Waals surface area contributed by atoms with Gasteiger partial charge in [0.05, 0.1) is 6.04 Å². The molecule has 6 nitrogen and oxygen atoms in total. The van der Waals surface area contributed by atoms with Crippen molar-refractivity contribution in [3.05, 3.63) is 96.1 Å². The minimum atomic E-state index is -0.577. The Balaban J connectivity index is 1.44. The van der Waals surface area contributed by atoms with E-state index in [1.165, 1.54) is 28.2 Å². The summed E-state index contributed by atoms with van der Waals surface area (Å²) in [6.07, 6.45) is 0. The number of piperazine rings is 1. The molecule has 1 saturated heterocycles. The smallest absolute Gasteiger partial charge is 0.316 e. The highest BCUT2D eigenvalue weighted by molar-refractivity contribution is 6.40. The summed E-state index contributed by atoms with van der Waals surface area (Å²) >= 11 is 0. The summed E-state index contributed by atoms with van der Waals surface area (Å²) in [6.45, 7) is 2.33. The number of phenols is 1. The second-order valence-electron chi connectivity index (χ2n) is 7.93. The quantitative estimate of drug-likeness (QED) is 0.647. The van der Waals surface area contributed by atoms with Gasteiger partial charge in [-0.1, -0.05) is 60.7 Å².